The summed E-state index contributed by atoms with van der Waals surface area (Å²) in [7, 11) is 0. The quantitative estimate of drug-likeness (QED) is 0.282. The number of hydrogen-bond acceptors (Lipinski definition) is 4. The first-order chi connectivity index (χ1) is 19.3. The van der Waals surface area contributed by atoms with Gasteiger partial charge >= 0.3 is 0 Å². The van der Waals surface area contributed by atoms with E-state index in [2.05, 4.69) is 5.32 Å². The first kappa shape index (κ1) is 27.2. The van der Waals surface area contributed by atoms with Gasteiger partial charge in [0.1, 0.15) is 23.9 Å². The minimum atomic E-state index is -0.412. The summed E-state index contributed by atoms with van der Waals surface area (Å²) in [6, 6.07) is 23.1. The van der Waals surface area contributed by atoms with E-state index in [1.807, 2.05) is 74.2 Å². The van der Waals surface area contributed by atoms with Crippen molar-refractivity contribution in [3.8, 4) is 5.75 Å². The van der Waals surface area contributed by atoms with Crippen LogP contribution in [0.5, 0.6) is 5.75 Å². The zero-order valence-electron chi connectivity index (χ0n) is 22.9. The number of carbonyl (C=O) groups excluding carboxylic acids is 2. The van der Waals surface area contributed by atoms with Crippen LogP contribution < -0.4 is 10.1 Å². The summed E-state index contributed by atoms with van der Waals surface area (Å²) in [5.41, 5.74) is 4.88. The van der Waals surface area contributed by atoms with E-state index in [4.69, 9.17) is 9.15 Å². The summed E-state index contributed by atoms with van der Waals surface area (Å²) in [4.78, 5) is 27.5. The molecule has 0 saturated heterocycles. The molecule has 1 aliphatic heterocycles. The predicted molar refractivity (Wildman–Crippen MR) is 150 cm³/mol. The number of carbonyl (C=O) groups is 2. The zero-order valence-corrected chi connectivity index (χ0v) is 22.9. The van der Waals surface area contributed by atoms with Crippen molar-refractivity contribution in [3.63, 3.8) is 0 Å². The molecular weight excluding hydrogens is 507 g/mol. The summed E-state index contributed by atoms with van der Waals surface area (Å²) < 4.78 is 26.0. The molecule has 0 bridgehead atoms. The van der Waals surface area contributed by atoms with Gasteiger partial charge in [-0.05, 0) is 72.0 Å². The van der Waals surface area contributed by atoms with E-state index < -0.39 is 6.04 Å². The molecule has 0 saturated carbocycles. The van der Waals surface area contributed by atoms with Gasteiger partial charge in [0.15, 0.2) is 5.76 Å². The van der Waals surface area contributed by atoms with Gasteiger partial charge in [0.25, 0.3) is 5.91 Å². The van der Waals surface area contributed by atoms with Gasteiger partial charge in [0.2, 0.25) is 5.91 Å². The third-order valence-corrected chi connectivity index (χ3v) is 7.09. The molecule has 3 aromatic carbocycles. The van der Waals surface area contributed by atoms with E-state index in [1.165, 1.54) is 12.1 Å². The van der Waals surface area contributed by atoms with E-state index in [1.54, 1.807) is 18.2 Å². The molecular formula is C33H33FN2O4. The predicted octanol–water partition coefficient (Wildman–Crippen LogP) is 6.37. The lowest BCUT2D eigenvalue weighted by Crippen LogP contribution is -2.42. The highest BCUT2D eigenvalue weighted by Crippen LogP contribution is 2.38. The Morgan fingerprint density at radius 1 is 1.05 bits per heavy atom. The molecule has 0 unspecified atom stereocenters. The van der Waals surface area contributed by atoms with Crippen molar-refractivity contribution >= 4 is 11.8 Å². The number of fused-ring (bicyclic) bond motifs is 1. The Kier molecular flexibility index (Phi) is 8.01. The number of ether oxygens (including phenoxy) is 1. The number of benzene rings is 3. The molecule has 1 N–H and O–H groups in total. The molecule has 206 valence electrons. The van der Waals surface area contributed by atoms with Gasteiger partial charge in [-0.25, -0.2) is 4.39 Å². The van der Waals surface area contributed by atoms with E-state index >= 15 is 0 Å². The van der Waals surface area contributed by atoms with Gasteiger partial charge in [-0.2, -0.15) is 0 Å². The smallest absolute Gasteiger partial charge is 0.287 e. The van der Waals surface area contributed by atoms with Crippen LogP contribution in [-0.4, -0.2) is 23.3 Å². The average molecular weight is 541 g/mol. The molecule has 0 fully saturated rings. The molecule has 1 atom stereocenters. The maximum atomic E-state index is 14.2. The fourth-order valence-electron chi connectivity index (χ4n) is 5.11. The Bertz CT molecular complexity index is 1530. The molecule has 40 heavy (non-hydrogen) atoms. The van der Waals surface area contributed by atoms with Crippen molar-refractivity contribution in [2.24, 2.45) is 5.92 Å². The van der Waals surface area contributed by atoms with Crippen molar-refractivity contribution in [1.29, 1.82) is 0 Å². The number of halogens is 1. The summed E-state index contributed by atoms with van der Waals surface area (Å²) in [5.74, 6) is 0.525. The zero-order chi connectivity index (χ0) is 28.2. The number of amides is 2. The lowest BCUT2D eigenvalue weighted by molar-refractivity contribution is -0.136. The Morgan fingerprint density at radius 2 is 1.88 bits per heavy atom. The largest absolute Gasteiger partial charge is 0.486 e. The van der Waals surface area contributed by atoms with Crippen LogP contribution in [0.25, 0.3) is 0 Å². The second-order valence-electron chi connectivity index (χ2n) is 10.5. The van der Waals surface area contributed by atoms with Crippen LogP contribution in [0, 0.1) is 18.7 Å². The van der Waals surface area contributed by atoms with Crippen molar-refractivity contribution < 1.29 is 23.1 Å². The number of nitrogens with one attached hydrogen (secondary N) is 1. The van der Waals surface area contributed by atoms with Crippen LogP contribution in [0.1, 0.15) is 64.0 Å². The molecule has 6 nitrogen and oxygen atoms in total. The maximum Gasteiger partial charge on any atom is 0.287 e. The second kappa shape index (κ2) is 11.8. The highest BCUT2D eigenvalue weighted by molar-refractivity contribution is 5.91. The number of hydrogen-bond donors (Lipinski definition) is 1. The van der Waals surface area contributed by atoms with Gasteiger partial charge in [-0.1, -0.05) is 61.9 Å². The SMILES string of the molecule is Cc1cccc(CNC(=O)c2ccc(COc3ccc4c(c3)[C@H](c3cccc(F)c3)N(C(=O)C(C)C)CC4)o2)c1. The molecule has 0 spiro atoms. The Labute approximate surface area is 233 Å². The Balaban J connectivity index is 1.30. The third kappa shape index (κ3) is 6.09. The lowest BCUT2D eigenvalue weighted by atomic mass is 9.87. The summed E-state index contributed by atoms with van der Waals surface area (Å²) >= 11 is 0. The molecule has 2 heterocycles. The third-order valence-electron chi connectivity index (χ3n) is 7.09. The molecule has 1 aromatic heterocycles. The maximum absolute atomic E-state index is 14.2. The van der Waals surface area contributed by atoms with Gasteiger partial charge < -0.3 is 19.4 Å². The van der Waals surface area contributed by atoms with Crippen LogP contribution in [0.15, 0.2) is 83.3 Å². The van der Waals surface area contributed by atoms with Crippen LogP contribution >= 0.6 is 0 Å². The van der Waals surface area contributed by atoms with E-state index in [0.717, 1.165) is 27.8 Å². The minimum absolute atomic E-state index is 0.0232. The molecule has 5 rings (SSSR count). The van der Waals surface area contributed by atoms with Crippen molar-refractivity contribution in [3.05, 3.63) is 124 Å². The molecule has 0 radical (unpaired) electrons. The van der Waals surface area contributed by atoms with Gasteiger partial charge in [0, 0.05) is 19.0 Å². The average Bonchev–Trinajstić information content (AvgIpc) is 3.43. The minimum Gasteiger partial charge on any atom is -0.486 e. The monoisotopic (exact) mass is 540 g/mol. The first-order valence-electron chi connectivity index (χ1n) is 13.5. The number of rotatable bonds is 8. The fraction of sp³-hybridized carbons (Fsp3) is 0.273. The lowest BCUT2D eigenvalue weighted by Gasteiger charge is -2.39. The molecule has 1 aliphatic rings. The van der Waals surface area contributed by atoms with Gasteiger partial charge in [0.05, 0.1) is 6.04 Å². The van der Waals surface area contributed by atoms with Crippen molar-refractivity contribution in [2.45, 2.75) is 46.4 Å². The van der Waals surface area contributed by atoms with Gasteiger partial charge in [-0.15, -0.1) is 0 Å². The van der Waals surface area contributed by atoms with Crippen LogP contribution in [0.4, 0.5) is 4.39 Å². The molecule has 7 heteroatoms. The van der Waals surface area contributed by atoms with Crippen molar-refractivity contribution in [1.82, 2.24) is 10.2 Å². The summed E-state index contributed by atoms with van der Waals surface area (Å²) in [6.45, 7) is 6.86. The van der Waals surface area contributed by atoms with E-state index in [9.17, 15) is 14.0 Å². The topological polar surface area (TPSA) is 71.8 Å². The number of aryl methyl sites for hydroxylation is 1. The standard InChI is InChI=1S/C33H33FN2O4/c1-21(2)33(38)36-15-14-24-10-11-27(18-29(24)31(36)25-8-5-9-26(34)17-25)39-20-28-12-13-30(40-28)32(37)35-19-23-7-4-6-22(3)16-23/h4-13,16-18,21,31H,14-15,19-20H2,1-3H3,(H,35,37)/t31-/m0/s1. The highest BCUT2D eigenvalue weighted by Gasteiger charge is 2.33. The van der Waals surface area contributed by atoms with Gasteiger partial charge in [-0.3, -0.25) is 9.59 Å². The van der Waals surface area contributed by atoms with Crippen LogP contribution in [0.2, 0.25) is 0 Å². The second-order valence-corrected chi connectivity index (χ2v) is 10.5. The summed E-state index contributed by atoms with van der Waals surface area (Å²) in [6.07, 6.45) is 0.707. The van der Waals surface area contributed by atoms with Crippen LogP contribution in [0.3, 0.4) is 0 Å². The Morgan fingerprint density at radius 3 is 2.65 bits per heavy atom. The van der Waals surface area contributed by atoms with E-state index in [-0.39, 0.29) is 35.9 Å². The summed E-state index contributed by atoms with van der Waals surface area (Å²) in [5, 5.41) is 2.88. The molecule has 0 aliphatic carbocycles. The number of furan rings is 1. The number of nitrogens with zero attached hydrogens (tertiary/aromatic N) is 1. The fourth-order valence-corrected chi connectivity index (χ4v) is 5.11. The first-order valence-corrected chi connectivity index (χ1v) is 13.5. The molecule has 4 aromatic rings. The normalized spacial score (nSPS) is 14.6. The highest BCUT2D eigenvalue weighted by atomic mass is 19.1. The van der Waals surface area contributed by atoms with Crippen LogP contribution in [-0.2, 0) is 24.4 Å². The molecule has 2 amide bonds. The van der Waals surface area contributed by atoms with E-state index in [0.29, 0.717) is 31.0 Å². The Hall–Kier alpha value is -4.39. The van der Waals surface area contributed by atoms with Crippen molar-refractivity contribution in [2.75, 3.05) is 6.54 Å².